The van der Waals surface area contributed by atoms with Gasteiger partial charge in [0.25, 0.3) is 5.91 Å². The monoisotopic (exact) mass is 513 g/mol. The van der Waals surface area contributed by atoms with Crippen LogP contribution in [0.3, 0.4) is 0 Å². The van der Waals surface area contributed by atoms with Crippen molar-refractivity contribution < 1.29 is 36.4 Å². The van der Waals surface area contributed by atoms with Crippen molar-refractivity contribution in [1.82, 2.24) is 15.1 Å². The van der Waals surface area contributed by atoms with Crippen LogP contribution in [0.5, 0.6) is 11.5 Å². The number of benzene rings is 2. The molecule has 2 rings (SSSR count). The van der Waals surface area contributed by atoms with Gasteiger partial charge in [0.15, 0.2) is 9.84 Å². The molecule has 0 heterocycles. The van der Waals surface area contributed by atoms with Gasteiger partial charge < -0.3 is 10.1 Å². The summed E-state index contributed by atoms with van der Waals surface area (Å²) in [6.07, 6.45) is 0.883. The molecule has 0 aliphatic rings. The van der Waals surface area contributed by atoms with E-state index < -0.39 is 37.2 Å². The molecule has 0 saturated carbocycles. The zero-order chi connectivity index (χ0) is 25.7. The SMILES string of the molecule is CNC(=O)CCN(C(C)(C)C(=O)NO)S(=O)(=O)c1ccc(Oc2ccc(S(C)(=O)=O)cc2)cc1. The van der Waals surface area contributed by atoms with Crippen molar-refractivity contribution in [2.24, 2.45) is 0 Å². The lowest BCUT2D eigenvalue weighted by Gasteiger charge is -2.35. The summed E-state index contributed by atoms with van der Waals surface area (Å²) in [5.41, 5.74) is -0.253. The van der Waals surface area contributed by atoms with Crippen LogP contribution in [0.25, 0.3) is 0 Å². The fourth-order valence-electron chi connectivity index (χ4n) is 2.98. The van der Waals surface area contributed by atoms with Gasteiger partial charge in [-0.1, -0.05) is 0 Å². The second-order valence-corrected chi connectivity index (χ2v) is 11.7. The number of nitrogens with zero attached hydrogens (tertiary/aromatic N) is 1. The molecule has 2 amide bonds. The van der Waals surface area contributed by atoms with Crippen molar-refractivity contribution in [2.45, 2.75) is 35.6 Å². The second-order valence-electron chi connectivity index (χ2n) is 7.82. The first-order valence-electron chi connectivity index (χ1n) is 9.99. The molecule has 2 aromatic carbocycles. The first kappa shape index (κ1) is 27.2. The maximum atomic E-state index is 13.3. The van der Waals surface area contributed by atoms with Crippen LogP contribution < -0.4 is 15.5 Å². The molecule has 3 N–H and O–H groups in total. The van der Waals surface area contributed by atoms with Crippen LogP contribution in [0, 0.1) is 0 Å². The van der Waals surface area contributed by atoms with Crippen molar-refractivity contribution in [1.29, 1.82) is 0 Å². The third kappa shape index (κ3) is 6.32. The molecule has 13 heteroatoms. The summed E-state index contributed by atoms with van der Waals surface area (Å²) in [4.78, 5) is 23.9. The molecule has 186 valence electrons. The first-order valence-corrected chi connectivity index (χ1v) is 13.3. The molecule has 0 bridgehead atoms. The topological polar surface area (TPSA) is 159 Å². The van der Waals surface area contributed by atoms with E-state index in [1.807, 2.05) is 0 Å². The predicted molar refractivity (Wildman–Crippen MR) is 123 cm³/mol. The normalized spacial score (nSPS) is 12.3. The van der Waals surface area contributed by atoms with Crippen LogP contribution in [0.15, 0.2) is 58.3 Å². The molecule has 34 heavy (non-hydrogen) atoms. The zero-order valence-electron chi connectivity index (χ0n) is 19.1. The molecule has 0 unspecified atom stereocenters. The number of hydrogen-bond acceptors (Lipinski definition) is 8. The van der Waals surface area contributed by atoms with Crippen LogP contribution in [-0.2, 0) is 29.4 Å². The third-order valence-corrected chi connectivity index (χ3v) is 8.22. The quantitative estimate of drug-likeness (QED) is 0.317. The average molecular weight is 514 g/mol. The summed E-state index contributed by atoms with van der Waals surface area (Å²) in [5, 5.41) is 11.5. The van der Waals surface area contributed by atoms with E-state index >= 15 is 0 Å². The molecule has 0 spiro atoms. The number of amides is 2. The van der Waals surface area contributed by atoms with E-state index in [4.69, 9.17) is 9.94 Å². The Morgan fingerprint density at radius 1 is 0.941 bits per heavy atom. The van der Waals surface area contributed by atoms with Crippen molar-refractivity contribution in [3.63, 3.8) is 0 Å². The number of ether oxygens (including phenoxy) is 1. The zero-order valence-corrected chi connectivity index (χ0v) is 20.7. The third-order valence-electron chi connectivity index (χ3n) is 5.00. The largest absolute Gasteiger partial charge is 0.457 e. The minimum Gasteiger partial charge on any atom is -0.457 e. The highest BCUT2D eigenvalue weighted by molar-refractivity contribution is 7.90. The van der Waals surface area contributed by atoms with Gasteiger partial charge in [0.2, 0.25) is 15.9 Å². The molecule has 0 aliphatic carbocycles. The lowest BCUT2D eigenvalue weighted by atomic mass is 10.0. The van der Waals surface area contributed by atoms with Crippen LogP contribution >= 0.6 is 0 Å². The van der Waals surface area contributed by atoms with Gasteiger partial charge in [-0.25, -0.2) is 22.3 Å². The Labute approximate surface area is 198 Å². The van der Waals surface area contributed by atoms with Gasteiger partial charge in [0, 0.05) is 26.3 Å². The number of rotatable bonds is 10. The van der Waals surface area contributed by atoms with Crippen LogP contribution in [0.1, 0.15) is 20.3 Å². The summed E-state index contributed by atoms with van der Waals surface area (Å²) in [6.45, 7) is 2.29. The Kier molecular flexibility index (Phi) is 8.42. The maximum Gasteiger partial charge on any atom is 0.264 e. The first-order chi connectivity index (χ1) is 15.7. The number of hydroxylamine groups is 1. The second kappa shape index (κ2) is 10.5. The van der Waals surface area contributed by atoms with Gasteiger partial charge in [-0.05, 0) is 62.4 Å². The summed E-state index contributed by atoms with van der Waals surface area (Å²) in [6, 6.07) is 11.1. The number of sulfone groups is 1. The van der Waals surface area contributed by atoms with Gasteiger partial charge in [-0.15, -0.1) is 0 Å². The number of hydrogen-bond donors (Lipinski definition) is 3. The molecule has 0 fully saturated rings. The number of sulfonamides is 1. The van der Waals surface area contributed by atoms with Crippen molar-refractivity contribution in [2.75, 3.05) is 19.8 Å². The van der Waals surface area contributed by atoms with Crippen LogP contribution in [0.4, 0.5) is 0 Å². The summed E-state index contributed by atoms with van der Waals surface area (Å²) in [7, 11) is -6.22. The van der Waals surface area contributed by atoms with Crippen LogP contribution in [-0.4, -0.2) is 63.5 Å². The molecular formula is C21H27N3O8S2. The fourth-order valence-corrected chi connectivity index (χ4v) is 5.36. The Bertz CT molecular complexity index is 1240. The van der Waals surface area contributed by atoms with E-state index in [0.29, 0.717) is 5.75 Å². The lowest BCUT2D eigenvalue weighted by molar-refractivity contribution is -0.138. The average Bonchev–Trinajstić information content (AvgIpc) is 2.78. The van der Waals surface area contributed by atoms with E-state index in [0.717, 1.165) is 10.6 Å². The van der Waals surface area contributed by atoms with Gasteiger partial charge in [0.05, 0.1) is 9.79 Å². The molecule has 0 aromatic heterocycles. The minimum atomic E-state index is -4.27. The Morgan fingerprint density at radius 3 is 1.82 bits per heavy atom. The summed E-state index contributed by atoms with van der Waals surface area (Å²) in [5.74, 6) is -0.761. The molecule has 11 nitrogen and oxygen atoms in total. The summed E-state index contributed by atoms with van der Waals surface area (Å²) >= 11 is 0. The number of carbonyl (C=O) groups is 2. The highest BCUT2D eigenvalue weighted by Crippen LogP contribution is 2.28. The number of carbonyl (C=O) groups excluding carboxylic acids is 2. The van der Waals surface area contributed by atoms with E-state index in [-0.39, 0.29) is 28.5 Å². The van der Waals surface area contributed by atoms with E-state index in [1.54, 1.807) is 0 Å². The van der Waals surface area contributed by atoms with Crippen LogP contribution in [0.2, 0.25) is 0 Å². The summed E-state index contributed by atoms with van der Waals surface area (Å²) < 4.78 is 56.3. The van der Waals surface area contributed by atoms with E-state index in [1.165, 1.54) is 74.9 Å². The Morgan fingerprint density at radius 2 is 1.41 bits per heavy atom. The fraction of sp³-hybridized carbons (Fsp3) is 0.333. The van der Waals surface area contributed by atoms with Crippen molar-refractivity contribution >= 4 is 31.7 Å². The molecule has 0 atom stereocenters. The van der Waals surface area contributed by atoms with Gasteiger partial charge in [-0.3, -0.25) is 14.8 Å². The van der Waals surface area contributed by atoms with Crippen molar-refractivity contribution in [3.8, 4) is 11.5 Å². The highest BCUT2D eigenvalue weighted by Gasteiger charge is 2.42. The lowest BCUT2D eigenvalue weighted by Crippen LogP contribution is -2.57. The molecule has 2 aromatic rings. The molecule has 0 saturated heterocycles. The van der Waals surface area contributed by atoms with Gasteiger partial charge in [-0.2, -0.15) is 4.31 Å². The Hall–Kier alpha value is -3.00. The smallest absolute Gasteiger partial charge is 0.264 e. The standard InChI is InChI=1S/C21H27N3O8S2/c1-21(2,20(26)23-27)24(14-13-19(25)22-3)34(30,31)18-11-7-16(8-12-18)32-15-5-9-17(10-6-15)33(4,28)29/h5-12,27H,13-14H2,1-4H3,(H,22,25)(H,23,26). The minimum absolute atomic E-state index is 0.132. The maximum absolute atomic E-state index is 13.3. The predicted octanol–water partition coefficient (Wildman–Crippen LogP) is 1.29. The molecule has 0 radical (unpaired) electrons. The van der Waals surface area contributed by atoms with E-state index in [9.17, 15) is 26.4 Å². The number of nitrogens with one attached hydrogen (secondary N) is 2. The van der Waals surface area contributed by atoms with Crippen molar-refractivity contribution in [3.05, 3.63) is 48.5 Å². The van der Waals surface area contributed by atoms with E-state index in [2.05, 4.69) is 5.32 Å². The van der Waals surface area contributed by atoms with Gasteiger partial charge in [0.1, 0.15) is 17.0 Å². The van der Waals surface area contributed by atoms with Gasteiger partial charge >= 0.3 is 0 Å². The molecular weight excluding hydrogens is 486 g/mol. The highest BCUT2D eigenvalue weighted by atomic mass is 32.2. The Balaban J connectivity index is 2.32. The molecule has 0 aliphatic heterocycles.